The molecule has 3 nitrogen and oxygen atoms in total. The van der Waals surface area contributed by atoms with Crippen LogP contribution in [0.3, 0.4) is 0 Å². The number of rotatable bonds is 2. The fourth-order valence-corrected chi connectivity index (χ4v) is 2.36. The van der Waals surface area contributed by atoms with Gasteiger partial charge in [-0.3, -0.25) is 0 Å². The molecule has 0 spiro atoms. The van der Waals surface area contributed by atoms with Crippen molar-refractivity contribution >= 4 is 7.85 Å². The molecule has 2 fully saturated rings. The van der Waals surface area contributed by atoms with E-state index in [4.69, 9.17) is 14.2 Å². The number of fused-ring (bicyclic) bond motifs is 2. The van der Waals surface area contributed by atoms with Crippen LogP contribution in [0.4, 0.5) is 0 Å². The van der Waals surface area contributed by atoms with E-state index in [0.717, 1.165) is 6.42 Å². The van der Waals surface area contributed by atoms with Crippen LogP contribution < -0.4 is 0 Å². The van der Waals surface area contributed by atoms with Gasteiger partial charge in [0.15, 0.2) is 0 Å². The standard InChI is InChI=1S/C8H15BO3/c1-3-8-4-11-5(6(8)10-2)7(9)12-8/h5-7H,3-4,9H2,1-2H3/t5?,6?,7-,8+/m1/s1. The summed E-state index contributed by atoms with van der Waals surface area (Å²) >= 11 is 0. The minimum absolute atomic E-state index is 0.137. The SMILES string of the molecule is B[C@@H]1O[C@@]2(CC)COC1C2OC. The lowest BCUT2D eigenvalue weighted by molar-refractivity contribution is -0.120. The van der Waals surface area contributed by atoms with Crippen LogP contribution in [0.1, 0.15) is 13.3 Å². The average molecular weight is 170 g/mol. The quantitative estimate of drug-likeness (QED) is 0.524. The van der Waals surface area contributed by atoms with Crippen molar-refractivity contribution in [2.75, 3.05) is 13.7 Å². The summed E-state index contributed by atoms with van der Waals surface area (Å²) in [7, 11) is 3.78. The first-order valence-corrected chi connectivity index (χ1v) is 4.56. The Balaban J connectivity index is 2.23. The number of hydrogen-bond acceptors (Lipinski definition) is 3. The van der Waals surface area contributed by atoms with Crippen LogP contribution in [0.25, 0.3) is 0 Å². The predicted molar refractivity (Wildman–Crippen MR) is 47.0 cm³/mol. The minimum Gasteiger partial charge on any atom is -0.376 e. The van der Waals surface area contributed by atoms with Crippen molar-refractivity contribution in [3.05, 3.63) is 0 Å². The molecule has 2 bridgehead atoms. The molecule has 12 heavy (non-hydrogen) atoms. The van der Waals surface area contributed by atoms with Gasteiger partial charge >= 0.3 is 0 Å². The Morgan fingerprint density at radius 3 is 2.83 bits per heavy atom. The summed E-state index contributed by atoms with van der Waals surface area (Å²) in [6.07, 6.45) is 1.25. The molecule has 0 amide bonds. The molecule has 0 aromatic heterocycles. The van der Waals surface area contributed by atoms with Crippen molar-refractivity contribution < 1.29 is 14.2 Å². The molecule has 0 saturated carbocycles. The molecule has 0 aromatic carbocycles. The fraction of sp³-hybridized carbons (Fsp3) is 1.00. The number of methoxy groups -OCH3 is 1. The third kappa shape index (κ3) is 0.887. The summed E-state index contributed by atoms with van der Waals surface area (Å²) in [5.74, 6) is 0. The summed E-state index contributed by atoms with van der Waals surface area (Å²) in [5, 5.41) is 0. The van der Waals surface area contributed by atoms with E-state index in [0.29, 0.717) is 6.61 Å². The third-order valence-electron chi connectivity index (χ3n) is 3.07. The molecule has 2 heterocycles. The van der Waals surface area contributed by atoms with E-state index in [1.807, 2.05) is 7.85 Å². The molecule has 68 valence electrons. The first-order valence-electron chi connectivity index (χ1n) is 4.56. The topological polar surface area (TPSA) is 27.7 Å². The summed E-state index contributed by atoms with van der Waals surface area (Å²) in [6, 6.07) is 0.184. The van der Waals surface area contributed by atoms with Crippen LogP contribution in [-0.4, -0.2) is 45.4 Å². The largest absolute Gasteiger partial charge is 0.376 e. The van der Waals surface area contributed by atoms with Crippen molar-refractivity contribution in [2.24, 2.45) is 0 Å². The van der Waals surface area contributed by atoms with E-state index >= 15 is 0 Å². The lowest BCUT2D eigenvalue weighted by Crippen LogP contribution is -2.40. The normalized spacial score (nSPS) is 51.7. The molecule has 2 aliphatic rings. The Kier molecular flexibility index (Phi) is 1.94. The van der Waals surface area contributed by atoms with Gasteiger partial charge in [-0.2, -0.15) is 0 Å². The van der Waals surface area contributed by atoms with Crippen molar-refractivity contribution in [1.82, 2.24) is 0 Å². The highest BCUT2D eigenvalue weighted by molar-refractivity contribution is 6.11. The molecular formula is C8H15BO3. The van der Waals surface area contributed by atoms with E-state index < -0.39 is 0 Å². The molecule has 0 aliphatic carbocycles. The highest BCUT2D eigenvalue weighted by Gasteiger charge is 2.59. The second-order valence-electron chi connectivity index (χ2n) is 3.67. The van der Waals surface area contributed by atoms with Crippen LogP contribution in [0.5, 0.6) is 0 Å². The van der Waals surface area contributed by atoms with Crippen molar-refractivity contribution in [3.8, 4) is 0 Å². The van der Waals surface area contributed by atoms with E-state index in [1.165, 1.54) is 0 Å². The lowest BCUT2D eigenvalue weighted by Gasteiger charge is -2.28. The zero-order valence-corrected chi connectivity index (χ0v) is 7.87. The molecule has 4 atom stereocenters. The molecule has 4 heteroatoms. The Labute approximate surface area is 73.8 Å². The van der Waals surface area contributed by atoms with E-state index in [9.17, 15) is 0 Å². The van der Waals surface area contributed by atoms with Crippen LogP contribution >= 0.6 is 0 Å². The van der Waals surface area contributed by atoms with E-state index in [-0.39, 0.29) is 23.8 Å². The van der Waals surface area contributed by atoms with Gasteiger partial charge in [0.25, 0.3) is 0 Å². The number of ether oxygens (including phenoxy) is 3. The maximum absolute atomic E-state index is 5.85. The summed E-state index contributed by atoms with van der Waals surface area (Å²) in [4.78, 5) is 0. The second kappa shape index (κ2) is 2.72. The van der Waals surface area contributed by atoms with Gasteiger partial charge in [-0.05, 0) is 6.42 Å². The summed E-state index contributed by atoms with van der Waals surface area (Å²) < 4.78 is 16.9. The molecule has 2 rings (SSSR count). The van der Waals surface area contributed by atoms with Gasteiger partial charge in [-0.25, -0.2) is 0 Å². The minimum atomic E-state index is -0.154. The Hall–Kier alpha value is -0.0551. The molecule has 2 aliphatic heterocycles. The molecule has 0 radical (unpaired) electrons. The first kappa shape index (κ1) is 8.54. The summed E-state index contributed by atoms with van der Waals surface area (Å²) in [5.41, 5.74) is -0.154. The van der Waals surface area contributed by atoms with Gasteiger partial charge < -0.3 is 14.2 Å². The van der Waals surface area contributed by atoms with Crippen LogP contribution in [0.2, 0.25) is 0 Å². The maximum atomic E-state index is 5.85. The zero-order valence-electron chi connectivity index (χ0n) is 7.87. The molecule has 2 unspecified atom stereocenters. The smallest absolute Gasteiger partial charge is 0.142 e. The first-order chi connectivity index (χ1) is 5.73. The molecular weight excluding hydrogens is 155 g/mol. The van der Waals surface area contributed by atoms with Gasteiger partial charge in [-0.15, -0.1) is 0 Å². The van der Waals surface area contributed by atoms with Crippen molar-refractivity contribution in [1.29, 1.82) is 0 Å². The van der Waals surface area contributed by atoms with Crippen LogP contribution in [0, 0.1) is 0 Å². The van der Waals surface area contributed by atoms with Gasteiger partial charge in [0.2, 0.25) is 0 Å². The van der Waals surface area contributed by atoms with Gasteiger partial charge in [0, 0.05) is 7.11 Å². The predicted octanol–water partition coefficient (Wildman–Crippen LogP) is -0.462. The lowest BCUT2D eigenvalue weighted by atomic mass is 9.91. The fourth-order valence-electron chi connectivity index (χ4n) is 2.36. The zero-order chi connectivity index (χ0) is 8.77. The van der Waals surface area contributed by atoms with Crippen LogP contribution in [-0.2, 0) is 14.2 Å². The van der Waals surface area contributed by atoms with Crippen molar-refractivity contribution in [2.45, 2.75) is 37.2 Å². The Morgan fingerprint density at radius 1 is 1.67 bits per heavy atom. The second-order valence-corrected chi connectivity index (χ2v) is 3.67. The van der Waals surface area contributed by atoms with Gasteiger partial charge in [-0.1, -0.05) is 6.92 Å². The average Bonchev–Trinajstić information content (AvgIpc) is 2.56. The van der Waals surface area contributed by atoms with Gasteiger partial charge in [0.1, 0.15) is 25.7 Å². The monoisotopic (exact) mass is 170 g/mol. The molecule has 0 N–H and O–H groups in total. The number of hydrogen-bond donors (Lipinski definition) is 0. The van der Waals surface area contributed by atoms with Gasteiger partial charge in [0.05, 0.1) is 12.6 Å². The third-order valence-corrected chi connectivity index (χ3v) is 3.07. The highest BCUT2D eigenvalue weighted by Crippen LogP contribution is 2.42. The Bertz CT molecular complexity index is 187. The highest BCUT2D eigenvalue weighted by atomic mass is 16.7. The maximum Gasteiger partial charge on any atom is 0.142 e. The van der Waals surface area contributed by atoms with E-state index in [1.54, 1.807) is 7.11 Å². The van der Waals surface area contributed by atoms with Crippen LogP contribution in [0.15, 0.2) is 0 Å². The van der Waals surface area contributed by atoms with Crippen molar-refractivity contribution in [3.63, 3.8) is 0 Å². The molecule has 2 saturated heterocycles. The molecule has 0 aromatic rings. The Morgan fingerprint density at radius 2 is 2.42 bits per heavy atom. The summed E-state index contributed by atoms with van der Waals surface area (Å²) in [6.45, 7) is 2.81. The van der Waals surface area contributed by atoms with E-state index in [2.05, 4.69) is 6.92 Å².